The van der Waals surface area contributed by atoms with Crippen LogP contribution in [0.4, 0.5) is 13.2 Å². The van der Waals surface area contributed by atoms with Gasteiger partial charge in [0.05, 0.1) is 12.2 Å². The fourth-order valence-electron chi connectivity index (χ4n) is 2.63. The van der Waals surface area contributed by atoms with Crippen LogP contribution in [-0.2, 0) is 0 Å². The van der Waals surface area contributed by atoms with Gasteiger partial charge in [0.15, 0.2) is 6.61 Å². The highest BCUT2D eigenvalue weighted by atomic mass is 19.4. The van der Waals surface area contributed by atoms with Crippen molar-refractivity contribution in [2.24, 2.45) is 0 Å². The van der Waals surface area contributed by atoms with Crippen LogP contribution in [0.3, 0.4) is 0 Å². The summed E-state index contributed by atoms with van der Waals surface area (Å²) in [5, 5.41) is 14.9. The summed E-state index contributed by atoms with van der Waals surface area (Å²) in [7, 11) is 0. The van der Waals surface area contributed by atoms with Gasteiger partial charge in [0, 0.05) is 12.6 Å². The van der Waals surface area contributed by atoms with Gasteiger partial charge in [-0.15, -0.1) is 0 Å². The number of carbonyl (C=O) groups excluding carboxylic acids is 1. The van der Waals surface area contributed by atoms with Gasteiger partial charge in [-0.2, -0.15) is 13.2 Å². The Bertz CT molecular complexity index is 590. The molecule has 1 heterocycles. The maximum atomic E-state index is 12.5. The predicted octanol–water partition coefficient (Wildman–Crippen LogP) is 1.87. The molecule has 1 aliphatic heterocycles. The largest absolute Gasteiger partial charge is 0.490 e. The van der Waals surface area contributed by atoms with E-state index in [1.165, 1.54) is 18.2 Å². The van der Waals surface area contributed by atoms with Crippen LogP contribution >= 0.6 is 0 Å². The molecule has 1 amide bonds. The normalized spacial score (nSPS) is 17.6. The lowest BCUT2D eigenvalue weighted by atomic mass is 10.0. The molecular weight excluding hydrogens is 353 g/mol. The summed E-state index contributed by atoms with van der Waals surface area (Å²) in [4.78, 5) is 12.5. The molecule has 2 rings (SSSR count). The molecule has 0 saturated carbocycles. The molecule has 1 unspecified atom stereocenters. The lowest BCUT2D eigenvalue weighted by Crippen LogP contribution is -2.43. The van der Waals surface area contributed by atoms with E-state index in [4.69, 9.17) is 14.6 Å². The van der Waals surface area contributed by atoms with Crippen molar-refractivity contribution in [3.63, 3.8) is 0 Å². The number of rotatable bonds is 8. The van der Waals surface area contributed by atoms with Crippen molar-refractivity contribution in [2.75, 3.05) is 32.9 Å². The summed E-state index contributed by atoms with van der Waals surface area (Å²) in [6, 6.07) is 4.02. The van der Waals surface area contributed by atoms with E-state index in [1.807, 2.05) is 0 Å². The molecule has 0 aromatic heterocycles. The minimum atomic E-state index is -4.47. The Labute approximate surface area is 149 Å². The molecule has 6 nitrogen and oxygen atoms in total. The maximum absolute atomic E-state index is 12.5. The molecule has 1 aromatic carbocycles. The Morgan fingerprint density at radius 3 is 2.77 bits per heavy atom. The third kappa shape index (κ3) is 6.72. The van der Waals surface area contributed by atoms with Crippen molar-refractivity contribution in [3.05, 3.63) is 23.8 Å². The summed E-state index contributed by atoms with van der Waals surface area (Å²) in [5.41, 5.74) is 0.0638. The third-order valence-corrected chi connectivity index (χ3v) is 3.87. The second kappa shape index (κ2) is 9.63. The molecule has 1 fully saturated rings. The summed E-state index contributed by atoms with van der Waals surface area (Å²) in [5.74, 6) is -0.380. The van der Waals surface area contributed by atoms with Gasteiger partial charge >= 0.3 is 6.18 Å². The minimum absolute atomic E-state index is 0.0345. The molecule has 0 spiro atoms. The smallest absolute Gasteiger partial charge is 0.422 e. The zero-order chi connectivity index (χ0) is 19.0. The summed E-state index contributed by atoms with van der Waals surface area (Å²) in [6.45, 7) is -0.429. The van der Waals surface area contributed by atoms with Crippen LogP contribution in [-0.4, -0.2) is 56.1 Å². The molecule has 0 aliphatic carbocycles. The lowest BCUT2D eigenvalue weighted by Gasteiger charge is -2.23. The van der Waals surface area contributed by atoms with E-state index in [-0.39, 0.29) is 36.3 Å². The first-order valence-corrected chi connectivity index (χ1v) is 8.48. The zero-order valence-electron chi connectivity index (χ0n) is 14.3. The quantitative estimate of drug-likeness (QED) is 0.646. The number of halogens is 3. The van der Waals surface area contributed by atoms with Gasteiger partial charge in [0.2, 0.25) is 0 Å². The molecule has 9 heteroatoms. The number of piperidine rings is 1. The van der Waals surface area contributed by atoms with Crippen molar-refractivity contribution >= 4 is 5.91 Å². The van der Waals surface area contributed by atoms with Gasteiger partial charge in [-0.25, -0.2) is 0 Å². The number of hydrogen-bond acceptors (Lipinski definition) is 5. The Kier molecular flexibility index (Phi) is 7.52. The van der Waals surface area contributed by atoms with E-state index < -0.39 is 18.7 Å². The number of ether oxygens (including phenoxy) is 2. The van der Waals surface area contributed by atoms with Gasteiger partial charge < -0.3 is 25.2 Å². The number of hydrogen-bond donors (Lipinski definition) is 3. The number of carbonyl (C=O) groups is 1. The number of benzene rings is 1. The van der Waals surface area contributed by atoms with Crippen LogP contribution in [0, 0.1) is 0 Å². The third-order valence-electron chi connectivity index (χ3n) is 3.87. The van der Waals surface area contributed by atoms with Crippen LogP contribution in [0.15, 0.2) is 18.2 Å². The topological polar surface area (TPSA) is 79.8 Å². The molecule has 146 valence electrons. The maximum Gasteiger partial charge on any atom is 0.422 e. The number of amides is 1. The molecule has 0 bridgehead atoms. The van der Waals surface area contributed by atoms with E-state index in [0.717, 1.165) is 25.8 Å². The summed E-state index contributed by atoms with van der Waals surface area (Å²) in [6.07, 6.45) is -1.34. The molecule has 3 N–H and O–H groups in total. The van der Waals surface area contributed by atoms with Gasteiger partial charge in [0.1, 0.15) is 18.1 Å². The van der Waals surface area contributed by atoms with Crippen molar-refractivity contribution in [1.29, 1.82) is 0 Å². The van der Waals surface area contributed by atoms with E-state index >= 15 is 0 Å². The number of nitrogens with one attached hydrogen (secondary N) is 2. The molecule has 1 atom stereocenters. The molecule has 1 aliphatic rings. The van der Waals surface area contributed by atoms with Crippen molar-refractivity contribution in [2.45, 2.75) is 31.5 Å². The zero-order valence-corrected chi connectivity index (χ0v) is 14.3. The second-order valence-electron chi connectivity index (χ2n) is 5.99. The Morgan fingerprint density at radius 1 is 1.31 bits per heavy atom. The Hall–Kier alpha value is -2.00. The number of aliphatic hydroxyl groups excluding tert-OH is 1. The van der Waals surface area contributed by atoms with Crippen LogP contribution in [0.25, 0.3) is 0 Å². The minimum Gasteiger partial charge on any atom is -0.490 e. The van der Waals surface area contributed by atoms with Crippen molar-refractivity contribution in [1.82, 2.24) is 10.6 Å². The summed E-state index contributed by atoms with van der Waals surface area (Å²) < 4.78 is 46.9. The highest BCUT2D eigenvalue weighted by molar-refractivity contribution is 5.97. The van der Waals surface area contributed by atoms with Gasteiger partial charge in [-0.3, -0.25) is 4.79 Å². The highest BCUT2D eigenvalue weighted by Gasteiger charge is 2.28. The Morgan fingerprint density at radius 2 is 2.12 bits per heavy atom. The lowest BCUT2D eigenvalue weighted by molar-refractivity contribution is -0.153. The van der Waals surface area contributed by atoms with Gasteiger partial charge in [-0.1, -0.05) is 6.42 Å². The molecule has 1 saturated heterocycles. The molecule has 26 heavy (non-hydrogen) atoms. The number of aliphatic hydroxyl groups is 1. The standard InChI is InChI=1S/C17H23F3N2O4/c18-17(19,20)11-26-13-4-5-15(25-8-7-23)14(9-13)16(24)22-10-12-3-1-2-6-21-12/h4-5,9,12,21,23H,1-3,6-8,10-11H2,(H,22,24). The van der Waals surface area contributed by atoms with Crippen molar-refractivity contribution in [3.8, 4) is 11.5 Å². The average Bonchev–Trinajstić information content (AvgIpc) is 2.63. The fourth-order valence-corrected chi connectivity index (χ4v) is 2.63. The van der Waals surface area contributed by atoms with E-state index in [0.29, 0.717) is 6.54 Å². The molecular formula is C17H23F3N2O4. The first-order chi connectivity index (χ1) is 12.4. The molecule has 1 aromatic rings. The van der Waals surface area contributed by atoms with Crippen LogP contribution in [0.1, 0.15) is 29.6 Å². The first kappa shape index (κ1) is 20.3. The average molecular weight is 376 g/mol. The van der Waals surface area contributed by atoms with Gasteiger partial charge in [0.25, 0.3) is 5.91 Å². The van der Waals surface area contributed by atoms with Gasteiger partial charge in [-0.05, 0) is 37.6 Å². The van der Waals surface area contributed by atoms with Crippen LogP contribution in [0.5, 0.6) is 11.5 Å². The van der Waals surface area contributed by atoms with E-state index in [9.17, 15) is 18.0 Å². The monoisotopic (exact) mass is 376 g/mol. The first-order valence-electron chi connectivity index (χ1n) is 8.48. The van der Waals surface area contributed by atoms with E-state index in [2.05, 4.69) is 10.6 Å². The number of alkyl halides is 3. The fraction of sp³-hybridized carbons (Fsp3) is 0.588. The SMILES string of the molecule is O=C(NCC1CCCCN1)c1cc(OCC(F)(F)F)ccc1OCCO. The van der Waals surface area contributed by atoms with E-state index in [1.54, 1.807) is 0 Å². The van der Waals surface area contributed by atoms with Crippen LogP contribution in [0.2, 0.25) is 0 Å². The summed E-state index contributed by atoms with van der Waals surface area (Å²) >= 11 is 0. The highest BCUT2D eigenvalue weighted by Crippen LogP contribution is 2.26. The predicted molar refractivity (Wildman–Crippen MR) is 88.5 cm³/mol. The Balaban J connectivity index is 2.06. The van der Waals surface area contributed by atoms with Crippen molar-refractivity contribution < 1.29 is 32.5 Å². The van der Waals surface area contributed by atoms with Crippen LogP contribution < -0.4 is 20.1 Å². The second-order valence-corrected chi connectivity index (χ2v) is 5.99. The molecule has 0 radical (unpaired) electrons.